The molecular weight excluding hydrogens is 598 g/mol. The molecule has 42 heavy (non-hydrogen) atoms. The maximum atomic E-state index is 13.2. The summed E-state index contributed by atoms with van der Waals surface area (Å²) in [7, 11) is 0. The molecular formula is C29H28ClF4N3O4S. The summed E-state index contributed by atoms with van der Waals surface area (Å²) in [5.41, 5.74) is 2.58. The number of unbranched alkanes of at least 4 members (excludes halogenated alkanes) is 1. The molecule has 3 rings (SSSR count). The van der Waals surface area contributed by atoms with E-state index in [2.05, 4.69) is 15.8 Å². The topological polar surface area (TPSA) is 100 Å². The standard InChI is InChI=1S/C29H28ClF4N3O4S/c30-25-8-6-19(15-24(25)29(32,33)34)17-35-37-28(40)23-16-22(41-12-2-1-10-31)7-9-26(23)36-27(39)21-5-3-4-20(14-21)18-42-13-11-38/h3-9,14-17,38H,1-2,10-13,18H2,(H,36,39)(H,37,40). The number of amides is 2. The highest BCUT2D eigenvalue weighted by Crippen LogP contribution is 2.35. The van der Waals surface area contributed by atoms with E-state index in [1.165, 1.54) is 30.0 Å². The van der Waals surface area contributed by atoms with Crippen LogP contribution in [0.2, 0.25) is 5.02 Å². The Bertz CT molecular complexity index is 1410. The van der Waals surface area contributed by atoms with Gasteiger partial charge < -0.3 is 15.2 Å². The van der Waals surface area contributed by atoms with Crippen LogP contribution in [0, 0.1) is 0 Å². The molecule has 0 radical (unpaired) electrons. The van der Waals surface area contributed by atoms with Crippen LogP contribution in [0.15, 0.2) is 65.8 Å². The van der Waals surface area contributed by atoms with Crippen molar-refractivity contribution >= 4 is 47.1 Å². The lowest BCUT2D eigenvalue weighted by molar-refractivity contribution is -0.137. The summed E-state index contributed by atoms with van der Waals surface area (Å²) in [6, 6.07) is 14.5. The van der Waals surface area contributed by atoms with Crippen LogP contribution in [0.5, 0.6) is 5.75 Å². The first kappa shape index (κ1) is 32.9. The number of aliphatic hydroxyl groups excluding tert-OH is 1. The van der Waals surface area contributed by atoms with Crippen molar-refractivity contribution in [2.75, 3.05) is 31.0 Å². The van der Waals surface area contributed by atoms with Gasteiger partial charge in [0.2, 0.25) is 0 Å². The van der Waals surface area contributed by atoms with E-state index < -0.39 is 35.3 Å². The van der Waals surface area contributed by atoms with Crippen molar-refractivity contribution in [2.24, 2.45) is 5.10 Å². The summed E-state index contributed by atoms with van der Waals surface area (Å²) < 4.78 is 57.5. The number of hydrogen-bond donors (Lipinski definition) is 3. The van der Waals surface area contributed by atoms with Gasteiger partial charge in [0, 0.05) is 17.1 Å². The minimum atomic E-state index is -4.67. The van der Waals surface area contributed by atoms with E-state index in [1.54, 1.807) is 24.3 Å². The largest absolute Gasteiger partial charge is 0.494 e. The van der Waals surface area contributed by atoms with Crippen molar-refractivity contribution < 1.29 is 37.0 Å². The third-order valence-corrected chi connectivity index (χ3v) is 6.99. The Morgan fingerprint density at radius 3 is 2.60 bits per heavy atom. The third-order valence-electron chi connectivity index (χ3n) is 5.65. The molecule has 0 atom stereocenters. The smallest absolute Gasteiger partial charge is 0.417 e. The van der Waals surface area contributed by atoms with Crippen molar-refractivity contribution in [1.82, 2.24) is 5.43 Å². The highest BCUT2D eigenvalue weighted by atomic mass is 35.5. The minimum Gasteiger partial charge on any atom is -0.494 e. The summed E-state index contributed by atoms with van der Waals surface area (Å²) in [5.74, 6) is 0.186. The normalized spacial score (nSPS) is 11.5. The fraction of sp³-hybridized carbons (Fsp3) is 0.276. The van der Waals surface area contributed by atoms with E-state index in [1.807, 2.05) is 6.07 Å². The maximum Gasteiger partial charge on any atom is 0.417 e. The zero-order valence-electron chi connectivity index (χ0n) is 22.2. The number of alkyl halides is 4. The number of carbonyl (C=O) groups is 2. The summed E-state index contributed by atoms with van der Waals surface area (Å²) in [6.45, 7) is -0.239. The molecule has 224 valence electrons. The first-order valence-corrected chi connectivity index (χ1v) is 14.3. The molecule has 0 unspecified atom stereocenters. The molecule has 0 aliphatic rings. The van der Waals surface area contributed by atoms with Gasteiger partial charge in [-0.1, -0.05) is 29.8 Å². The number of hydrogen-bond acceptors (Lipinski definition) is 6. The molecule has 2 amide bonds. The molecule has 0 saturated heterocycles. The Morgan fingerprint density at radius 2 is 1.86 bits per heavy atom. The van der Waals surface area contributed by atoms with Crippen LogP contribution in [0.4, 0.5) is 23.2 Å². The average Bonchev–Trinajstić information content (AvgIpc) is 2.96. The zero-order chi connectivity index (χ0) is 30.5. The average molecular weight is 626 g/mol. The van der Waals surface area contributed by atoms with E-state index in [4.69, 9.17) is 21.4 Å². The van der Waals surface area contributed by atoms with Crippen LogP contribution >= 0.6 is 23.4 Å². The van der Waals surface area contributed by atoms with Gasteiger partial charge >= 0.3 is 6.18 Å². The van der Waals surface area contributed by atoms with Crippen LogP contribution < -0.4 is 15.5 Å². The molecule has 0 bridgehead atoms. The van der Waals surface area contributed by atoms with Crippen LogP contribution in [0.1, 0.15) is 50.2 Å². The Labute approximate surface area is 249 Å². The number of carbonyl (C=O) groups excluding carboxylic acids is 2. The number of hydrazone groups is 1. The van der Waals surface area contributed by atoms with Crippen molar-refractivity contribution in [3.05, 3.63) is 93.5 Å². The van der Waals surface area contributed by atoms with Gasteiger partial charge in [-0.2, -0.15) is 30.0 Å². The fourth-order valence-electron chi connectivity index (χ4n) is 3.61. The number of aliphatic hydroxyl groups is 1. The number of anilines is 1. The van der Waals surface area contributed by atoms with E-state index >= 15 is 0 Å². The first-order chi connectivity index (χ1) is 20.1. The molecule has 0 saturated carbocycles. The van der Waals surface area contributed by atoms with Gasteiger partial charge in [-0.25, -0.2) is 5.43 Å². The number of nitrogens with zero attached hydrogens (tertiary/aromatic N) is 1. The molecule has 3 aromatic rings. The number of benzene rings is 3. The molecule has 0 aliphatic heterocycles. The Kier molecular flexibility index (Phi) is 12.6. The van der Waals surface area contributed by atoms with Crippen molar-refractivity contribution in [1.29, 1.82) is 0 Å². The highest BCUT2D eigenvalue weighted by molar-refractivity contribution is 7.98. The van der Waals surface area contributed by atoms with Crippen LogP contribution in [0.25, 0.3) is 0 Å². The van der Waals surface area contributed by atoms with Crippen molar-refractivity contribution in [3.63, 3.8) is 0 Å². The monoisotopic (exact) mass is 625 g/mol. The van der Waals surface area contributed by atoms with Gasteiger partial charge in [-0.15, -0.1) is 0 Å². The summed E-state index contributed by atoms with van der Waals surface area (Å²) >= 11 is 7.16. The summed E-state index contributed by atoms with van der Waals surface area (Å²) in [4.78, 5) is 26.1. The predicted molar refractivity (Wildman–Crippen MR) is 156 cm³/mol. The first-order valence-electron chi connectivity index (χ1n) is 12.7. The van der Waals surface area contributed by atoms with Crippen molar-refractivity contribution in [3.8, 4) is 5.75 Å². The Morgan fingerprint density at radius 1 is 1.05 bits per heavy atom. The number of ether oxygens (including phenoxy) is 1. The second-order valence-electron chi connectivity index (χ2n) is 8.82. The summed E-state index contributed by atoms with van der Waals surface area (Å²) in [5, 5.41) is 15.0. The van der Waals surface area contributed by atoms with E-state index in [9.17, 15) is 27.2 Å². The van der Waals surface area contributed by atoms with Gasteiger partial charge in [0.25, 0.3) is 11.8 Å². The number of halogens is 5. The minimum absolute atomic E-state index is 0.0229. The SMILES string of the molecule is O=C(Nc1ccc(OCCCCF)cc1C(=O)NN=Cc1ccc(Cl)c(C(F)(F)F)c1)c1cccc(CSCCO)c1. The second kappa shape index (κ2) is 16.1. The number of thioether (sulfide) groups is 1. The Hall–Kier alpha value is -3.61. The van der Waals surface area contributed by atoms with Gasteiger partial charge in [0.1, 0.15) is 5.75 Å². The van der Waals surface area contributed by atoms with Gasteiger partial charge in [0.15, 0.2) is 0 Å². The Balaban J connectivity index is 1.80. The molecule has 3 aromatic carbocycles. The van der Waals surface area contributed by atoms with Crippen LogP contribution in [-0.2, 0) is 11.9 Å². The van der Waals surface area contributed by atoms with Crippen LogP contribution in [-0.4, -0.2) is 48.8 Å². The van der Waals surface area contributed by atoms with Gasteiger partial charge in [0.05, 0.1) is 47.9 Å². The van der Waals surface area contributed by atoms with Crippen LogP contribution in [0.3, 0.4) is 0 Å². The van der Waals surface area contributed by atoms with Gasteiger partial charge in [-0.05, 0) is 66.4 Å². The summed E-state index contributed by atoms with van der Waals surface area (Å²) in [6.07, 6.45) is -2.87. The lowest BCUT2D eigenvalue weighted by Gasteiger charge is -2.13. The molecule has 0 heterocycles. The molecule has 3 N–H and O–H groups in total. The lowest BCUT2D eigenvalue weighted by atomic mass is 10.1. The number of nitrogens with one attached hydrogen (secondary N) is 2. The quantitative estimate of drug-likeness (QED) is 0.0799. The maximum absolute atomic E-state index is 13.2. The predicted octanol–water partition coefficient (Wildman–Crippen LogP) is 6.73. The number of rotatable bonds is 14. The second-order valence-corrected chi connectivity index (χ2v) is 10.3. The molecule has 0 aromatic heterocycles. The lowest BCUT2D eigenvalue weighted by Crippen LogP contribution is -2.21. The van der Waals surface area contributed by atoms with Crippen molar-refractivity contribution in [2.45, 2.75) is 24.8 Å². The molecule has 13 heteroatoms. The van der Waals surface area contributed by atoms with E-state index in [0.717, 1.165) is 23.9 Å². The van der Waals surface area contributed by atoms with E-state index in [-0.39, 0.29) is 35.8 Å². The highest BCUT2D eigenvalue weighted by Gasteiger charge is 2.33. The van der Waals surface area contributed by atoms with Gasteiger partial charge in [-0.3, -0.25) is 14.0 Å². The molecule has 7 nitrogen and oxygen atoms in total. The zero-order valence-corrected chi connectivity index (χ0v) is 23.8. The van der Waals surface area contributed by atoms with E-state index in [0.29, 0.717) is 29.9 Å². The third kappa shape index (κ3) is 10.0. The fourth-order valence-corrected chi connectivity index (χ4v) is 4.53. The molecule has 0 fully saturated rings. The molecule has 0 aliphatic carbocycles. The molecule has 0 spiro atoms.